The molecule has 1 saturated heterocycles. The van der Waals surface area contributed by atoms with Gasteiger partial charge in [0, 0.05) is 36.8 Å². The second kappa shape index (κ2) is 5.69. The fourth-order valence-electron chi connectivity index (χ4n) is 2.24. The average molecular weight is 268 g/mol. The summed E-state index contributed by atoms with van der Waals surface area (Å²) in [7, 11) is 2.05. The quantitative estimate of drug-likeness (QED) is 0.872. The first kappa shape index (κ1) is 13.3. The Morgan fingerprint density at radius 1 is 1.39 bits per heavy atom. The first-order valence-electron chi connectivity index (χ1n) is 6.07. The highest BCUT2D eigenvalue weighted by atomic mass is 35.5. The molecule has 98 valence electrons. The van der Waals surface area contributed by atoms with Gasteiger partial charge in [0.25, 0.3) is 5.91 Å². The van der Waals surface area contributed by atoms with Crippen molar-refractivity contribution in [3.8, 4) is 0 Å². The van der Waals surface area contributed by atoms with E-state index in [-0.39, 0.29) is 11.9 Å². The summed E-state index contributed by atoms with van der Waals surface area (Å²) in [6.45, 7) is 2.93. The molecule has 1 aliphatic heterocycles. The van der Waals surface area contributed by atoms with Crippen molar-refractivity contribution in [2.45, 2.75) is 6.04 Å². The van der Waals surface area contributed by atoms with Gasteiger partial charge >= 0.3 is 0 Å². The van der Waals surface area contributed by atoms with Crippen LogP contribution in [0.3, 0.4) is 0 Å². The largest absolute Gasteiger partial charge is 0.332 e. The van der Waals surface area contributed by atoms with Crippen LogP contribution in [0.4, 0.5) is 0 Å². The van der Waals surface area contributed by atoms with E-state index in [1.165, 1.54) is 0 Å². The average Bonchev–Trinajstić information content (AvgIpc) is 2.38. The van der Waals surface area contributed by atoms with Crippen molar-refractivity contribution in [1.82, 2.24) is 9.80 Å². The van der Waals surface area contributed by atoms with E-state index in [1.807, 2.05) is 11.9 Å². The van der Waals surface area contributed by atoms with Crippen molar-refractivity contribution in [3.05, 3.63) is 34.9 Å². The van der Waals surface area contributed by atoms with E-state index in [4.69, 9.17) is 17.3 Å². The normalized spacial score (nSPS) is 21.1. The number of hydrogen-bond acceptors (Lipinski definition) is 3. The smallest absolute Gasteiger partial charge is 0.254 e. The first-order chi connectivity index (χ1) is 8.61. The van der Waals surface area contributed by atoms with Gasteiger partial charge in [0.15, 0.2) is 0 Å². The fourth-order valence-corrected chi connectivity index (χ4v) is 2.36. The topological polar surface area (TPSA) is 49.6 Å². The zero-order chi connectivity index (χ0) is 13.1. The van der Waals surface area contributed by atoms with Crippen molar-refractivity contribution in [2.75, 3.05) is 33.2 Å². The van der Waals surface area contributed by atoms with E-state index in [0.29, 0.717) is 17.1 Å². The van der Waals surface area contributed by atoms with Gasteiger partial charge in [-0.05, 0) is 31.3 Å². The van der Waals surface area contributed by atoms with Crippen LogP contribution in [-0.4, -0.2) is 55.0 Å². The van der Waals surface area contributed by atoms with Gasteiger partial charge in [-0.2, -0.15) is 0 Å². The zero-order valence-corrected chi connectivity index (χ0v) is 11.2. The van der Waals surface area contributed by atoms with E-state index in [9.17, 15) is 4.79 Å². The molecule has 1 aromatic carbocycles. The highest BCUT2D eigenvalue weighted by molar-refractivity contribution is 6.30. The minimum absolute atomic E-state index is 0.0372. The highest BCUT2D eigenvalue weighted by Crippen LogP contribution is 2.15. The molecule has 0 radical (unpaired) electrons. The van der Waals surface area contributed by atoms with Crippen LogP contribution >= 0.6 is 11.6 Å². The van der Waals surface area contributed by atoms with Crippen LogP contribution in [0.1, 0.15) is 10.4 Å². The Morgan fingerprint density at radius 3 is 2.67 bits per heavy atom. The number of amides is 1. The maximum Gasteiger partial charge on any atom is 0.254 e. The Bertz CT molecular complexity index is 421. The molecule has 2 N–H and O–H groups in total. The molecule has 4 nitrogen and oxygen atoms in total. The SMILES string of the molecule is CN1CCN(C(=O)c2ccc(Cl)cc2)C(CN)C1. The van der Waals surface area contributed by atoms with Crippen molar-refractivity contribution in [1.29, 1.82) is 0 Å². The second-order valence-corrected chi connectivity index (χ2v) is 5.09. The molecule has 1 atom stereocenters. The summed E-state index contributed by atoms with van der Waals surface area (Å²) < 4.78 is 0. The van der Waals surface area contributed by atoms with Crippen LogP contribution < -0.4 is 5.73 Å². The monoisotopic (exact) mass is 267 g/mol. The number of hydrogen-bond donors (Lipinski definition) is 1. The molecule has 0 aliphatic carbocycles. The van der Waals surface area contributed by atoms with Crippen molar-refractivity contribution in [2.24, 2.45) is 5.73 Å². The Labute approximate surface area is 112 Å². The van der Waals surface area contributed by atoms with Gasteiger partial charge in [-0.15, -0.1) is 0 Å². The maximum atomic E-state index is 12.4. The number of nitrogens with zero attached hydrogens (tertiary/aromatic N) is 2. The number of benzene rings is 1. The number of rotatable bonds is 2. The number of carbonyl (C=O) groups excluding carboxylic acids is 1. The van der Waals surface area contributed by atoms with E-state index >= 15 is 0 Å². The highest BCUT2D eigenvalue weighted by Gasteiger charge is 2.28. The Balaban J connectivity index is 2.14. The van der Waals surface area contributed by atoms with Crippen molar-refractivity contribution < 1.29 is 4.79 Å². The van der Waals surface area contributed by atoms with Gasteiger partial charge in [-0.25, -0.2) is 0 Å². The summed E-state index contributed by atoms with van der Waals surface area (Å²) >= 11 is 5.83. The molecule has 2 rings (SSSR count). The lowest BCUT2D eigenvalue weighted by molar-refractivity contribution is 0.0516. The summed E-state index contributed by atoms with van der Waals surface area (Å²) in [4.78, 5) is 16.5. The zero-order valence-electron chi connectivity index (χ0n) is 10.5. The van der Waals surface area contributed by atoms with Gasteiger partial charge in [0.2, 0.25) is 0 Å². The van der Waals surface area contributed by atoms with E-state index in [2.05, 4.69) is 4.90 Å². The lowest BCUT2D eigenvalue weighted by atomic mass is 10.1. The summed E-state index contributed by atoms with van der Waals surface area (Å²) in [6.07, 6.45) is 0. The predicted octanol–water partition coefficient (Wildman–Crippen LogP) is 1.05. The van der Waals surface area contributed by atoms with Gasteiger partial charge in [0.1, 0.15) is 0 Å². The Morgan fingerprint density at radius 2 is 2.06 bits per heavy atom. The van der Waals surface area contributed by atoms with E-state index < -0.39 is 0 Å². The van der Waals surface area contributed by atoms with Gasteiger partial charge in [-0.1, -0.05) is 11.6 Å². The lowest BCUT2D eigenvalue weighted by Gasteiger charge is -2.39. The van der Waals surface area contributed by atoms with Crippen molar-refractivity contribution in [3.63, 3.8) is 0 Å². The van der Waals surface area contributed by atoms with Crippen molar-refractivity contribution >= 4 is 17.5 Å². The molecule has 5 heteroatoms. The third-order valence-corrected chi connectivity index (χ3v) is 3.56. The fraction of sp³-hybridized carbons (Fsp3) is 0.462. The van der Waals surface area contributed by atoms with Gasteiger partial charge in [0.05, 0.1) is 6.04 Å². The molecule has 1 aliphatic rings. The molecule has 1 fully saturated rings. The number of nitrogens with two attached hydrogens (primary N) is 1. The second-order valence-electron chi connectivity index (χ2n) is 4.66. The van der Waals surface area contributed by atoms with E-state index in [1.54, 1.807) is 24.3 Å². The molecule has 1 amide bonds. The Kier molecular flexibility index (Phi) is 4.22. The number of halogens is 1. The Hall–Kier alpha value is -1.10. The molecule has 0 saturated carbocycles. The van der Waals surface area contributed by atoms with Crippen LogP contribution in [-0.2, 0) is 0 Å². The summed E-state index contributed by atoms with van der Waals surface area (Å²) in [5.74, 6) is 0.0372. The summed E-state index contributed by atoms with van der Waals surface area (Å²) in [5.41, 5.74) is 6.42. The molecule has 1 aromatic rings. The van der Waals surface area contributed by atoms with Gasteiger partial charge in [-0.3, -0.25) is 4.79 Å². The minimum Gasteiger partial charge on any atom is -0.332 e. The molecule has 1 heterocycles. The van der Waals surface area contributed by atoms with Crippen LogP contribution in [0.2, 0.25) is 5.02 Å². The van der Waals surface area contributed by atoms with Crippen LogP contribution in [0, 0.1) is 0 Å². The lowest BCUT2D eigenvalue weighted by Crippen LogP contribution is -2.56. The molecule has 18 heavy (non-hydrogen) atoms. The molecular weight excluding hydrogens is 250 g/mol. The van der Waals surface area contributed by atoms with E-state index in [0.717, 1.165) is 19.6 Å². The molecule has 1 unspecified atom stereocenters. The minimum atomic E-state index is 0.0372. The molecule has 0 aromatic heterocycles. The van der Waals surface area contributed by atoms with Crippen LogP contribution in [0.15, 0.2) is 24.3 Å². The first-order valence-corrected chi connectivity index (χ1v) is 6.44. The van der Waals surface area contributed by atoms with Gasteiger partial charge < -0.3 is 15.5 Å². The third-order valence-electron chi connectivity index (χ3n) is 3.31. The predicted molar refractivity (Wildman–Crippen MR) is 72.8 cm³/mol. The molecule has 0 bridgehead atoms. The van der Waals surface area contributed by atoms with Crippen LogP contribution in [0.5, 0.6) is 0 Å². The number of likely N-dealkylation sites (N-methyl/N-ethyl adjacent to an activating group) is 1. The summed E-state index contributed by atoms with van der Waals surface area (Å²) in [6, 6.07) is 7.09. The third kappa shape index (κ3) is 2.83. The molecule has 0 spiro atoms. The maximum absolute atomic E-state index is 12.4. The standard InChI is InChI=1S/C13H18ClN3O/c1-16-6-7-17(12(8-15)9-16)13(18)10-2-4-11(14)5-3-10/h2-5,12H,6-9,15H2,1H3. The summed E-state index contributed by atoms with van der Waals surface area (Å²) in [5, 5.41) is 0.639. The number of piperazine rings is 1. The molecular formula is C13H18ClN3O. The van der Waals surface area contributed by atoms with Crippen LogP contribution in [0.25, 0.3) is 0 Å². The number of carbonyl (C=O) groups is 1.